The Morgan fingerprint density at radius 1 is 1.22 bits per heavy atom. The molecule has 0 radical (unpaired) electrons. The minimum absolute atomic E-state index is 0.363. The van der Waals surface area contributed by atoms with Gasteiger partial charge in [0, 0.05) is 15.7 Å². The Labute approximate surface area is 114 Å². The second-order valence-corrected chi connectivity index (χ2v) is 4.59. The molecule has 0 spiro atoms. The lowest BCUT2D eigenvalue weighted by molar-refractivity contribution is 0.306. The second kappa shape index (κ2) is 5.56. The van der Waals surface area contributed by atoms with Crippen LogP contribution in [0.15, 0.2) is 46.9 Å². The molecule has 0 atom stereocenters. The quantitative estimate of drug-likeness (QED) is 0.883. The highest BCUT2D eigenvalue weighted by Gasteiger charge is 2.05. The van der Waals surface area contributed by atoms with Crippen LogP contribution in [0.1, 0.15) is 11.1 Å². The third kappa shape index (κ3) is 2.82. The summed E-state index contributed by atoms with van der Waals surface area (Å²) in [6.07, 6.45) is 0. The van der Waals surface area contributed by atoms with E-state index in [-0.39, 0.29) is 0 Å². The minimum Gasteiger partial charge on any atom is -0.489 e. The number of hydrogen-bond donors (Lipinski definition) is 1. The van der Waals surface area contributed by atoms with Crippen LogP contribution in [0.4, 0.5) is 5.69 Å². The van der Waals surface area contributed by atoms with Crippen LogP contribution in [0, 0.1) is 11.3 Å². The van der Waals surface area contributed by atoms with Crippen molar-refractivity contribution >= 4 is 21.6 Å². The third-order valence-corrected chi connectivity index (χ3v) is 3.24. The third-order valence-electron chi connectivity index (χ3n) is 2.50. The van der Waals surface area contributed by atoms with Crippen molar-refractivity contribution < 1.29 is 4.74 Å². The molecule has 2 aromatic rings. The molecule has 0 heterocycles. The van der Waals surface area contributed by atoms with E-state index in [1.165, 1.54) is 0 Å². The van der Waals surface area contributed by atoms with Crippen LogP contribution < -0.4 is 10.5 Å². The molecule has 0 bridgehead atoms. The molecule has 2 rings (SSSR count). The summed E-state index contributed by atoms with van der Waals surface area (Å²) in [7, 11) is 0. The van der Waals surface area contributed by atoms with Gasteiger partial charge in [-0.2, -0.15) is 5.26 Å². The van der Waals surface area contributed by atoms with Gasteiger partial charge in [-0.15, -0.1) is 0 Å². The average molecular weight is 303 g/mol. The maximum absolute atomic E-state index is 8.80. The van der Waals surface area contributed by atoms with Crippen molar-refractivity contribution in [2.45, 2.75) is 6.61 Å². The topological polar surface area (TPSA) is 59.0 Å². The predicted molar refractivity (Wildman–Crippen MR) is 74.0 cm³/mol. The van der Waals surface area contributed by atoms with Gasteiger partial charge in [-0.3, -0.25) is 0 Å². The molecule has 0 saturated heterocycles. The Balaban J connectivity index is 2.14. The van der Waals surface area contributed by atoms with Gasteiger partial charge in [0.1, 0.15) is 12.4 Å². The van der Waals surface area contributed by atoms with Crippen LogP contribution in [0.3, 0.4) is 0 Å². The summed E-state index contributed by atoms with van der Waals surface area (Å²) >= 11 is 3.44. The molecular formula is C14H11BrN2O. The van der Waals surface area contributed by atoms with E-state index in [0.29, 0.717) is 23.6 Å². The van der Waals surface area contributed by atoms with Crippen molar-refractivity contribution in [3.8, 4) is 11.8 Å². The Morgan fingerprint density at radius 3 is 2.72 bits per heavy atom. The number of ether oxygens (including phenoxy) is 1. The van der Waals surface area contributed by atoms with E-state index in [2.05, 4.69) is 22.0 Å². The number of nitriles is 1. The predicted octanol–water partition coefficient (Wildman–Crippen LogP) is 3.48. The lowest BCUT2D eigenvalue weighted by Gasteiger charge is -2.10. The molecule has 0 aliphatic rings. The van der Waals surface area contributed by atoms with E-state index in [0.717, 1.165) is 10.0 Å². The lowest BCUT2D eigenvalue weighted by Crippen LogP contribution is -2.01. The normalized spacial score (nSPS) is 9.78. The van der Waals surface area contributed by atoms with Gasteiger partial charge < -0.3 is 10.5 Å². The Hall–Kier alpha value is -1.99. The number of hydrogen-bond acceptors (Lipinski definition) is 3. The molecule has 4 heteroatoms. The fourth-order valence-corrected chi connectivity index (χ4v) is 2.03. The number of nitrogens with zero attached hydrogens (tertiary/aromatic N) is 1. The number of anilines is 1. The first-order valence-corrected chi connectivity index (χ1v) is 6.16. The SMILES string of the molecule is N#Cc1cccc(OCc2c(N)cccc2Br)c1. The summed E-state index contributed by atoms with van der Waals surface area (Å²) < 4.78 is 6.55. The molecule has 0 fully saturated rings. The lowest BCUT2D eigenvalue weighted by atomic mass is 10.2. The molecule has 18 heavy (non-hydrogen) atoms. The number of benzene rings is 2. The van der Waals surface area contributed by atoms with Gasteiger partial charge in [0.15, 0.2) is 0 Å². The van der Waals surface area contributed by atoms with E-state index in [1.54, 1.807) is 18.2 Å². The van der Waals surface area contributed by atoms with Crippen molar-refractivity contribution in [1.29, 1.82) is 5.26 Å². The van der Waals surface area contributed by atoms with E-state index in [9.17, 15) is 0 Å². The van der Waals surface area contributed by atoms with Crippen LogP contribution in [-0.4, -0.2) is 0 Å². The van der Waals surface area contributed by atoms with Gasteiger partial charge in [-0.25, -0.2) is 0 Å². The molecular weight excluding hydrogens is 292 g/mol. The van der Waals surface area contributed by atoms with Gasteiger partial charge in [0.2, 0.25) is 0 Å². The number of nitrogens with two attached hydrogens (primary N) is 1. The monoisotopic (exact) mass is 302 g/mol. The second-order valence-electron chi connectivity index (χ2n) is 3.74. The minimum atomic E-state index is 0.363. The Kier molecular flexibility index (Phi) is 3.85. The summed E-state index contributed by atoms with van der Waals surface area (Å²) in [6, 6.07) is 14.7. The zero-order valence-corrected chi connectivity index (χ0v) is 11.1. The van der Waals surface area contributed by atoms with Crippen molar-refractivity contribution in [3.05, 3.63) is 58.1 Å². The fourth-order valence-electron chi connectivity index (χ4n) is 1.54. The molecule has 0 aliphatic carbocycles. The van der Waals surface area contributed by atoms with Crippen LogP contribution in [0.5, 0.6) is 5.75 Å². The highest BCUT2D eigenvalue weighted by Crippen LogP contribution is 2.24. The molecule has 90 valence electrons. The van der Waals surface area contributed by atoms with Crippen molar-refractivity contribution in [3.63, 3.8) is 0 Å². The summed E-state index contributed by atoms with van der Waals surface area (Å²) in [5.41, 5.74) is 8.04. The van der Waals surface area contributed by atoms with Crippen LogP contribution in [0.2, 0.25) is 0 Å². The van der Waals surface area contributed by atoms with E-state index >= 15 is 0 Å². The zero-order chi connectivity index (χ0) is 13.0. The van der Waals surface area contributed by atoms with Gasteiger partial charge in [-0.05, 0) is 30.3 Å². The van der Waals surface area contributed by atoms with E-state index in [1.807, 2.05) is 24.3 Å². The first kappa shape index (κ1) is 12.5. The number of halogens is 1. The largest absolute Gasteiger partial charge is 0.489 e. The van der Waals surface area contributed by atoms with Crippen molar-refractivity contribution in [1.82, 2.24) is 0 Å². The highest BCUT2D eigenvalue weighted by atomic mass is 79.9. The molecule has 0 unspecified atom stereocenters. The highest BCUT2D eigenvalue weighted by molar-refractivity contribution is 9.10. The van der Waals surface area contributed by atoms with Gasteiger partial charge >= 0.3 is 0 Å². The molecule has 0 amide bonds. The maximum Gasteiger partial charge on any atom is 0.121 e. The maximum atomic E-state index is 8.80. The standard InChI is InChI=1S/C14H11BrN2O/c15-13-5-2-6-14(17)12(13)9-18-11-4-1-3-10(7-11)8-16/h1-7H,9,17H2. The van der Waals surface area contributed by atoms with Crippen molar-refractivity contribution in [2.24, 2.45) is 0 Å². The van der Waals surface area contributed by atoms with Crippen LogP contribution >= 0.6 is 15.9 Å². The Morgan fingerprint density at radius 2 is 2.00 bits per heavy atom. The van der Waals surface area contributed by atoms with Gasteiger partial charge in [0.05, 0.1) is 11.6 Å². The van der Waals surface area contributed by atoms with E-state index in [4.69, 9.17) is 15.7 Å². The first-order chi connectivity index (χ1) is 8.70. The van der Waals surface area contributed by atoms with Crippen LogP contribution in [-0.2, 0) is 6.61 Å². The molecule has 2 N–H and O–H groups in total. The number of rotatable bonds is 3. The summed E-state index contributed by atoms with van der Waals surface area (Å²) in [4.78, 5) is 0. The smallest absolute Gasteiger partial charge is 0.121 e. The average Bonchev–Trinajstić information content (AvgIpc) is 2.38. The van der Waals surface area contributed by atoms with Crippen molar-refractivity contribution in [2.75, 3.05) is 5.73 Å². The first-order valence-electron chi connectivity index (χ1n) is 5.36. The molecule has 0 saturated carbocycles. The summed E-state index contributed by atoms with van der Waals surface area (Å²) in [6.45, 7) is 0.363. The fraction of sp³-hybridized carbons (Fsp3) is 0.0714. The van der Waals surface area contributed by atoms with Gasteiger partial charge in [0.25, 0.3) is 0 Å². The summed E-state index contributed by atoms with van der Waals surface area (Å²) in [5, 5.41) is 8.80. The zero-order valence-electron chi connectivity index (χ0n) is 9.56. The summed E-state index contributed by atoms with van der Waals surface area (Å²) in [5.74, 6) is 0.657. The van der Waals surface area contributed by atoms with Gasteiger partial charge in [-0.1, -0.05) is 28.1 Å². The Bertz CT molecular complexity index is 585. The molecule has 2 aromatic carbocycles. The molecule has 0 aliphatic heterocycles. The van der Waals surface area contributed by atoms with E-state index < -0.39 is 0 Å². The number of nitrogen functional groups attached to an aromatic ring is 1. The molecule has 3 nitrogen and oxygen atoms in total. The molecule has 0 aromatic heterocycles. The van der Waals surface area contributed by atoms with Crippen LogP contribution in [0.25, 0.3) is 0 Å².